The Labute approximate surface area is 207 Å². The summed E-state index contributed by atoms with van der Waals surface area (Å²) in [5, 5.41) is 16.9. The first kappa shape index (κ1) is 26.2. The number of nitrogens with zero attached hydrogens (tertiary/aromatic N) is 3. The van der Waals surface area contributed by atoms with Gasteiger partial charge in [0.15, 0.2) is 0 Å². The van der Waals surface area contributed by atoms with Crippen molar-refractivity contribution in [2.75, 3.05) is 6.54 Å². The lowest BCUT2D eigenvalue weighted by Crippen LogP contribution is -2.45. The molecule has 186 valence electrons. The van der Waals surface area contributed by atoms with E-state index in [0.29, 0.717) is 16.3 Å². The molecule has 1 aromatic heterocycles. The number of aryl methyl sites for hydroxylation is 2. The monoisotopic (exact) mass is 504 g/mol. The quantitative estimate of drug-likeness (QED) is 0.434. The largest absolute Gasteiger partial charge is 0.508 e. The number of phenols is 1. The van der Waals surface area contributed by atoms with Crippen molar-refractivity contribution in [2.45, 2.75) is 38.8 Å². The number of benzene rings is 2. The summed E-state index contributed by atoms with van der Waals surface area (Å²) < 4.78 is 28.7. The maximum absolute atomic E-state index is 13.6. The molecule has 0 fully saturated rings. The van der Waals surface area contributed by atoms with E-state index in [4.69, 9.17) is 11.6 Å². The van der Waals surface area contributed by atoms with Crippen LogP contribution >= 0.6 is 11.6 Å². The molecule has 1 unspecified atom stereocenters. The zero-order valence-corrected chi connectivity index (χ0v) is 20.2. The molecular formula is C25H27ClF2N4O3. The van der Waals surface area contributed by atoms with Crippen molar-refractivity contribution in [3.05, 3.63) is 82.1 Å². The molecule has 0 radical (unpaired) electrons. The molecule has 2 amide bonds. The van der Waals surface area contributed by atoms with E-state index in [1.165, 1.54) is 23.0 Å². The van der Waals surface area contributed by atoms with E-state index in [9.17, 15) is 23.5 Å². The van der Waals surface area contributed by atoms with Crippen molar-refractivity contribution in [3.8, 4) is 5.75 Å². The molecule has 2 N–H and O–H groups in total. The minimum atomic E-state index is -2.84. The molecule has 3 rings (SSSR count). The molecule has 0 aliphatic rings. The van der Waals surface area contributed by atoms with Crippen LogP contribution < -0.4 is 5.32 Å². The lowest BCUT2D eigenvalue weighted by Gasteiger charge is -2.31. The highest BCUT2D eigenvalue weighted by molar-refractivity contribution is 6.30. The van der Waals surface area contributed by atoms with Crippen LogP contribution in [-0.2, 0) is 29.6 Å². The van der Waals surface area contributed by atoms with Crippen LogP contribution in [0.2, 0.25) is 5.02 Å². The Balaban J connectivity index is 1.86. The fraction of sp³-hybridized carbons (Fsp3) is 0.320. The van der Waals surface area contributed by atoms with Gasteiger partial charge in [-0.25, -0.2) is 8.78 Å². The van der Waals surface area contributed by atoms with Gasteiger partial charge in [0.1, 0.15) is 11.8 Å². The SMILES string of the molecule is Cc1c(C(C(=O)NCc2ccc(Cl)cc2)N(CC(F)F)C(=O)CCc2ccc(O)cc2)cnn1C. The van der Waals surface area contributed by atoms with Crippen molar-refractivity contribution in [3.63, 3.8) is 0 Å². The first-order valence-electron chi connectivity index (χ1n) is 11.0. The summed E-state index contributed by atoms with van der Waals surface area (Å²) in [6.45, 7) is 0.946. The van der Waals surface area contributed by atoms with Crippen LogP contribution in [0, 0.1) is 6.92 Å². The maximum Gasteiger partial charge on any atom is 0.255 e. The summed E-state index contributed by atoms with van der Waals surface area (Å²) in [6.07, 6.45) is -1.23. The molecule has 7 nitrogen and oxygen atoms in total. The molecule has 0 aliphatic carbocycles. The number of phenolic OH excluding ortho intramolecular Hbond substituents is 1. The normalized spacial score (nSPS) is 11.9. The third-order valence-electron chi connectivity index (χ3n) is 5.73. The second-order valence-corrected chi connectivity index (χ2v) is 8.60. The maximum atomic E-state index is 13.6. The van der Waals surface area contributed by atoms with Gasteiger partial charge in [-0.1, -0.05) is 35.9 Å². The Morgan fingerprint density at radius 3 is 2.31 bits per heavy atom. The van der Waals surface area contributed by atoms with E-state index in [1.807, 2.05) is 0 Å². The first-order chi connectivity index (χ1) is 16.7. The van der Waals surface area contributed by atoms with Gasteiger partial charge in [0.25, 0.3) is 6.43 Å². The average molecular weight is 505 g/mol. The second-order valence-electron chi connectivity index (χ2n) is 8.16. The molecule has 3 aromatic rings. The lowest BCUT2D eigenvalue weighted by molar-refractivity contribution is -0.143. The van der Waals surface area contributed by atoms with Gasteiger partial charge in [-0.15, -0.1) is 0 Å². The summed E-state index contributed by atoms with van der Waals surface area (Å²) in [7, 11) is 1.67. The first-order valence-corrected chi connectivity index (χ1v) is 11.4. The van der Waals surface area contributed by atoms with Crippen molar-refractivity contribution >= 4 is 23.4 Å². The van der Waals surface area contributed by atoms with Crippen LogP contribution in [0.3, 0.4) is 0 Å². The second kappa shape index (κ2) is 11.8. The molecule has 0 saturated carbocycles. The van der Waals surface area contributed by atoms with Crippen LogP contribution in [0.4, 0.5) is 8.78 Å². The predicted molar refractivity (Wildman–Crippen MR) is 128 cm³/mol. The molecule has 2 aromatic carbocycles. The lowest BCUT2D eigenvalue weighted by atomic mass is 10.0. The molecule has 1 atom stereocenters. The number of carbonyl (C=O) groups is 2. The molecular weight excluding hydrogens is 478 g/mol. The zero-order valence-electron chi connectivity index (χ0n) is 19.4. The molecule has 0 saturated heterocycles. The Kier molecular flexibility index (Phi) is 8.81. The average Bonchev–Trinajstić information content (AvgIpc) is 3.15. The van der Waals surface area contributed by atoms with Gasteiger partial charge >= 0.3 is 0 Å². The number of rotatable bonds is 10. The van der Waals surface area contributed by atoms with Crippen LogP contribution in [0.25, 0.3) is 0 Å². The summed E-state index contributed by atoms with van der Waals surface area (Å²) in [5.74, 6) is -1.09. The van der Waals surface area contributed by atoms with Crippen molar-refractivity contribution < 1.29 is 23.5 Å². The minimum absolute atomic E-state index is 0.0855. The number of halogens is 3. The van der Waals surface area contributed by atoms with Gasteiger partial charge in [-0.2, -0.15) is 5.10 Å². The molecule has 0 aliphatic heterocycles. The fourth-order valence-electron chi connectivity index (χ4n) is 3.68. The van der Waals surface area contributed by atoms with Crippen LogP contribution in [-0.4, -0.2) is 44.6 Å². The third kappa shape index (κ3) is 7.02. The van der Waals surface area contributed by atoms with Gasteiger partial charge in [0.05, 0.1) is 12.7 Å². The predicted octanol–water partition coefficient (Wildman–Crippen LogP) is 4.17. The van der Waals surface area contributed by atoms with Crippen molar-refractivity contribution in [2.24, 2.45) is 7.05 Å². The highest BCUT2D eigenvalue weighted by Gasteiger charge is 2.35. The summed E-state index contributed by atoms with van der Waals surface area (Å²) in [5.41, 5.74) is 2.49. The number of hydrogen-bond donors (Lipinski definition) is 2. The van der Waals surface area contributed by atoms with E-state index >= 15 is 0 Å². The number of hydrogen-bond acceptors (Lipinski definition) is 4. The highest BCUT2D eigenvalue weighted by Crippen LogP contribution is 2.26. The zero-order chi connectivity index (χ0) is 25.5. The number of amides is 2. The number of nitrogens with one attached hydrogen (secondary N) is 1. The number of aromatic hydroxyl groups is 1. The Hall–Kier alpha value is -3.46. The van der Waals surface area contributed by atoms with Crippen LogP contribution in [0.1, 0.15) is 34.8 Å². The molecule has 35 heavy (non-hydrogen) atoms. The summed E-state index contributed by atoms with van der Waals surface area (Å²) in [6, 6.07) is 11.9. The van der Waals surface area contributed by atoms with E-state index in [-0.39, 0.29) is 25.1 Å². The van der Waals surface area contributed by atoms with Gasteiger partial charge in [-0.05, 0) is 48.7 Å². The minimum Gasteiger partial charge on any atom is -0.508 e. The van der Waals surface area contributed by atoms with E-state index in [1.54, 1.807) is 50.4 Å². The standard InChI is InChI=1S/C25H27ClF2N4O3/c1-16-21(14-30-31(16)2)24(25(35)29-13-18-3-8-19(26)9-4-18)32(15-22(27)28)23(34)12-7-17-5-10-20(33)11-6-17/h3-6,8-11,14,22,24,33H,7,12-13,15H2,1-2H3,(H,29,35). The van der Waals surface area contributed by atoms with E-state index in [2.05, 4.69) is 10.4 Å². The van der Waals surface area contributed by atoms with Crippen LogP contribution in [0.15, 0.2) is 54.7 Å². The molecule has 1 heterocycles. The Morgan fingerprint density at radius 1 is 1.11 bits per heavy atom. The Morgan fingerprint density at radius 2 is 1.74 bits per heavy atom. The van der Waals surface area contributed by atoms with Crippen molar-refractivity contribution in [1.29, 1.82) is 0 Å². The summed E-state index contributed by atoms with van der Waals surface area (Å²) in [4.78, 5) is 27.5. The topological polar surface area (TPSA) is 87.5 Å². The van der Waals surface area contributed by atoms with Gasteiger partial charge in [-0.3, -0.25) is 14.3 Å². The van der Waals surface area contributed by atoms with Gasteiger partial charge in [0.2, 0.25) is 11.8 Å². The van der Waals surface area contributed by atoms with E-state index in [0.717, 1.165) is 16.0 Å². The van der Waals surface area contributed by atoms with Crippen molar-refractivity contribution in [1.82, 2.24) is 20.0 Å². The Bertz CT molecular complexity index is 1150. The van der Waals surface area contributed by atoms with Gasteiger partial charge in [0, 0.05) is 36.3 Å². The molecule has 0 spiro atoms. The molecule has 10 heteroatoms. The third-order valence-corrected chi connectivity index (χ3v) is 5.98. The molecule has 0 bridgehead atoms. The van der Waals surface area contributed by atoms with E-state index < -0.39 is 30.8 Å². The van der Waals surface area contributed by atoms with Gasteiger partial charge < -0.3 is 15.3 Å². The number of alkyl halides is 2. The number of carbonyl (C=O) groups excluding carboxylic acids is 2. The fourth-order valence-corrected chi connectivity index (χ4v) is 3.81. The summed E-state index contributed by atoms with van der Waals surface area (Å²) >= 11 is 5.91. The number of aromatic nitrogens is 2. The van der Waals surface area contributed by atoms with Crippen LogP contribution in [0.5, 0.6) is 5.75 Å². The smallest absolute Gasteiger partial charge is 0.255 e. The highest BCUT2D eigenvalue weighted by atomic mass is 35.5.